The van der Waals surface area contributed by atoms with Crippen LogP contribution in [0.25, 0.3) is 20.9 Å². The second-order valence-corrected chi connectivity index (χ2v) is 9.70. The summed E-state index contributed by atoms with van der Waals surface area (Å²) in [5.41, 5.74) is 4.93. The summed E-state index contributed by atoms with van der Waals surface area (Å²) < 4.78 is 34.1. The van der Waals surface area contributed by atoms with E-state index in [9.17, 15) is 8.42 Å². The number of hydrogen-bond acceptors (Lipinski definition) is 6. The van der Waals surface area contributed by atoms with Crippen molar-refractivity contribution in [2.75, 3.05) is 11.8 Å². The minimum absolute atomic E-state index is 0.119. The van der Waals surface area contributed by atoms with Gasteiger partial charge in [0.2, 0.25) is 0 Å². The first-order valence-corrected chi connectivity index (χ1v) is 11.6. The highest BCUT2D eigenvalue weighted by Crippen LogP contribution is 2.33. The Hall–Kier alpha value is -2.97. The van der Waals surface area contributed by atoms with Gasteiger partial charge in [-0.3, -0.25) is 4.72 Å². The Bertz CT molecular complexity index is 1330. The van der Waals surface area contributed by atoms with Crippen LogP contribution in [0, 0.1) is 20.8 Å². The van der Waals surface area contributed by atoms with Gasteiger partial charge in [0.1, 0.15) is 26.0 Å². The van der Waals surface area contributed by atoms with Crippen molar-refractivity contribution in [2.45, 2.75) is 25.7 Å². The molecule has 0 aliphatic heterocycles. The van der Waals surface area contributed by atoms with Crippen molar-refractivity contribution in [3.8, 4) is 16.3 Å². The molecule has 0 bridgehead atoms. The molecule has 0 atom stereocenters. The molecule has 0 aliphatic rings. The van der Waals surface area contributed by atoms with Crippen molar-refractivity contribution in [2.24, 2.45) is 0 Å². The summed E-state index contributed by atoms with van der Waals surface area (Å²) in [7, 11) is -2.35. The van der Waals surface area contributed by atoms with Crippen LogP contribution in [-0.2, 0) is 10.0 Å². The Morgan fingerprint density at radius 1 is 1.00 bits per heavy atom. The number of hydrogen-bond donors (Lipinski definition) is 1. The van der Waals surface area contributed by atoms with E-state index in [0.717, 1.165) is 37.6 Å². The number of aryl methyl sites for hydroxylation is 3. The summed E-state index contributed by atoms with van der Waals surface area (Å²) in [6.45, 7) is 5.66. The van der Waals surface area contributed by atoms with Crippen LogP contribution in [0.5, 0.6) is 5.75 Å². The zero-order valence-electron chi connectivity index (χ0n) is 17.1. The van der Waals surface area contributed by atoms with Crippen LogP contribution in [0.3, 0.4) is 0 Å². The minimum Gasteiger partial charge on any atom is -0.495 e. The molecule has 2 aromatic carbocycles. The van der Waals surface area contributed by atoms with Gasteiger partial charge < -0.3 is 4.74 Å². The van der Waals surface area contributed by atoms with Crippen LogP contribution in [0.2, 0.25) is 0 Å². The lowest BCUT2D eigenvalue weighted by atomic mass is 10.1. The Labute approximate surface area is 179 Å². The van der Waals surface area contributed by atoms with E-state index in [1.54, 1.807) is 24.4 Å². The molecule has 0 unspecified atom stereocenters. The van der Waals surface area contributed by atoms with Crippen molar-refractivity contribution >= 4 is 37.4 Å². The molecule has 8 heteroatoms. The van der Waals surface area contributed by atoms with Gasteiger partial charge in [0.05, 0.1) is 12.8 Å². The number of anilines is 1. The fraction of sp³-hybridized carbons (Fsp3) is 0.182. The molecule has 2 aromatic heterocycles. The molecule has 4 rings (SSSR count). The van der Waals surface area contributed by atoms with Crippen LogP contribution < -0.4 is 9.46 Å². The molecule has 154 valence electrons. The normalized spacial score (nSPS) is 11.6. The molecule has 0 radical (unpaired) electrons. The number of nitrogens with zero attached hydrogens (tertiary/aromatic N) is 2. The summed E-state index contributed by atoms with van der Waals surface area (Å²) in [6.07, 6.45) is 1.74. The van der Waals surface area contributed by atoms with Gasteiger partial charge in [0.15, 0.2) is 0 Å². The number of methoxy groups -OCH3 is 1. The van der Waals surface area contributed by atoms with Gasteiger partial charge in [0.25, 0.3) is 10.0 Å². The largest absolute Gasteiger partial charge is 0.495 e. The molecule has 4 aromatic rings. The van der Waals surface area contributed by atoms with Crippen LogP contribution in [0.1, 0.15) is 16.7 Å². The Balaban J connectivity index is 1.68. The second-order valence-electron chi connectivity index (χ2n) is 7.07. The number of aromatic nitrogens is 2. The van der Waals surface area contributed by atoms with E-state index in [0.29, 0.717) is 11.4 Å². The predicted molar refractivity (Wildman–Crippen MR) is 121 cm³/mol. The molecule has 0 saturated heterocycles. The zero-order valence-corrected chi connectivity index (χ0v) is 18.7. The molecular formula is C22H21N3O3S2. The number of benzene rings is 2. The number of rotatable bonds is 5. The van der Waals surface area contributed by atoms with Crippen molar-refractivity contribution in [1.29, 1.82) is 0 Å². The monoisotopic (exact) mass is 439 g/mol. The smallest absolute Gasteiger partial charge is 0.265 e. The zero-order chi connectivity index (χ0) is 21.5. The van der Waals surface area contributed by atoms with Crippen molar-refractivity contribution in [3.63, 3.8) is 0 Å². The summed E-state index contributed by atoms with van der Waals surface area (Å²) in [5.74, 6) is 0.321. The number of pyridine rings is 1. The third-order valence-corrected chi connectivity index (χ3v) is 7.37. The lowest BCUT2D eigenvalue weighted by Gasteiger charge is -2.15. The van der Waals surface area contributed by atoms with Gasteiger partial charge in [-0.25, -0.2) is 18.4 Å². The molecule has 0 amide bonds. The third kappa shape index (κ3) is 3.76. The fourth-order valence-corrected chi connectivity index (χ4v) is 5.41. The maximum Gasteiger partial charge on any atom is 0.265 e. The van der Waals surface area contributed by atoms with E-state index in [2.05, 4.69) is 14.7 Å². The SMILES string of the molecule is COc1cc(C)c(C)cc1S(=O)(=O)Nc1ccc(-c2nc3cccnc3s2)cc1C. The number of sulfonamides is 1. The fourth-order valence-electron chi connectivity index (χ4n) is 3.14. The highest BCUT2D eigenvalue weighted by Gasteiger charge is 2.22. The van der Waals surface area contributed by atoms with Crippen molar-refractivity contribution < 1.29 is 13.2 Å². The van der Waals surface area contributed by atoms with Crippen molar-refractivity contribution in [3.05, 3.63) is 65.4 Å². The van der Waals surface area contributed by atoms with Gasteiger partial charge >= 0.3 is 0 Å². The second kappa shape index (κ2) is 7.70. The average molecular weight is 440 g/mol. The Morgan fingerprint density at radius 2 is 1.77 bits per heavy atom. The quantitative estimate of drug-likeness (QED) is 0.468. The third-order valence-electron chi connectivity index (χ3n) is 4.95. The van der Waals surface area contributed by atoms with Crippen molar-refractivity contribution in [1.82, 2.24) is 9.97 Å². The lowest BCUT2D eigenvalue weighted by molar-refractivity contribution is 0.402. The maximum absolute atomic E-state index is 13.1. The van der Waals surface area contributed by atoms with E-state index >= 15 is 0 Å². The summed E-state index contributed by atoms with van der Waals surface area (Å²) >= 11 is 1.51. The first kappa shape index (κ1) is 20.3. The van der Waals surface area contributed by atoms with Gasteiger partial charge in [0, 0.05) is 11.8 Å². The van der Waals surface area contributed by atoms with Gasteiger partial charge in [-0.1, -0.05) is 11.3 Å². The van der Waals surface area contributed by atoms with E-state index in [-0.39, 0.29) is 4.90 Å². The van der Waals surface area contributed by atoms with E-state index in [4.69, 9.17) is 4.74 Å². The molecule has 0 saturated carbocycles. The number of nitrogens with one attached hydrogen (secondary N) is 1. The summed E-state index contributed by atoms with van der Waals surface area (Å²) in [4.78, 5) is 9.94. The van der Waals surface area contributed by atoms with E-state index < -0.39 is 10.0 Å². The Morgan fingerprint density at radius 3 is 2.47 bits per heavy atom. The molecule has 30 heavy (non-hydrogen) atoms. The van der Waals surface area contributed by atoms with Crippen LogP contribution >= 0.6 is 11.3 Å². The summed E-state index contributed by atoms with van der Waals surface area (Å²) in [6, 6.07) is 12.7. The molecule has 0 fully saturated rings. The highest BCUT2D eigenvalue weighted by atomic mass is 32.2. The van der Waals surface area contributed by atoms with Crippen LogP contribution in [0.15, 0.2) is 53.6 Å². The lowest BCUT2D eigenvalue weighted by Crippen LogP contribution is -2.15. The number of fused-ring (bicyclic) bond motifs is 1. The topological polar surface area (TPSA) is 81.2 Å². The molecule has 0 spiro atoms. The van der Waals surface area contributed by atoms with Crippen LogP contribution in [0.4, 0.5) is 5.69 Å². The van der Waals surface area contributed by atoms with Gasteiger partial charge in [-0.2, -0.15) is 0 Å². The van der Waals surface area contributed by atoms with Crippen LogP contribution in [-0.4, -0.2) is 25.5 Å². The summed E-state index contributed by atoms with van der Waals surface area (Å²) in [5, 5.41) is 0.844. The maximum atomic E-state index is 13.1. The first-order valence-electron chi connectivity index (χ1n) is 9.29. The predicted octanol–water partition coefficient (Wildman–Crippen LogP) is 5.09. The first-order chi connectivity index (χ1) is 14.3. The van der Waals surface area contributed by atoms with Gasteiger partial charge in [-0.05, 0) is 79.9 Å². The van der Waals surface area contributed by atoms with Gasteiger partial charge in [-0.15, -0.1) is 0 Å². The molecule has 0 aliphatic carbocycles. The minimum atomic E-state index is -3.81. The average Bonchev–Trinajstić information content (AvgIpc) is 3.15. The number of thiazole rings is 1. The van der Waals surface area contributed by atoms with E-state index in [1.165, 1.54) is 18.4 Å². The number of ether oxygens (including phenoxy) is 1. The standard InChI is InChI=1S/C22H21N3O3S2/c1-13-11-19(28-4)20(12-14(13)2)30(26,27)25-17-8-7-16(10-15(17)3)21-24-18-6-5-9-23-22(18)29-21/h5-12,25H,1-4H3. The molecule has 2 heterocycles. The highest BCUT2D eigenvalue weighted by molar-refractivity contribution is 7.92. The Kier molecular flexibility index (Phi) is 5.21. The van der Waals surface area contributed by atoms with E-state index in [1.807, 2.05) is 45.0 Å². The molecule has 1 N–H and O–H groups in total. The molecule has 6 nitrogen and oxygen atoms in total. The molecular weight excluding hydrogens is 418 g/mol.